The quantitative estimate of drug-likeness (QED) is 0.691. The van der Waals surface area contributed by atoms with Gasteiger partial charge in [-0.15, -0.1) is 0 Å². The molecule has 0 bridgehead atoms. The fourth-order valence-electron chi connectivity index (χ4n) is 1.62. The summed E-state index contributed by atoms with van der Waals surface area (Å²) in [5.41, 5.74) is 8.30. The summed E-state index contributed by atoms with van der Waals surface area (Å²) in [6.07, 6.45) is 0.756. The van der Waals surface area contributed by atoms with Gasteiger partial charge in [0.2, 0.25) is 0 Å². The molecule has 0 aliphatic heterocycles. The molecule has 15 heavy (non-hydrogen) atoms. The molecule has 0 amide bonds. The predicted molar refractivity (Wildman–Crippen MR) is 60.3 cm³/mol. The van der Waals surface area contributed by atoms with Crippen LogP contribution in [0.15, 0.2) is 18.2 Å². The Bertz CT molecular complexity index is 329. The molecule has 0 heterocycles. The minimum absolute atomic E-state index is 0.0395. The van der Waals surface area contributed by atoms with Crippen LogP contribution >= 0.6 is 0 Å². The van der Waals surface area contributed by atoms with Crippen molar-refractivity contribution < 1.29 is 10.2 Å². The van der Waals surface area contributed by atoms with Crippen molar-refractivity contribution in [3.63, 3.8) is 0 Å². The Morgan fingerprint density at radius 3 is 2.20 bits per heavy atom. The first-order valence-corrected chi connectivity index (χ1v) is 5.07. The Kier molecular flexibility index (Phi) is 3.85. The van der Waals surface area contributed by atoms with Gasteiger partial charge in [0.15, 0.2) is 0 Å². The van der Waals surface area contributed by atoms with Crippen molar-refractivity contribution in [1.29, 1.82) is 0 Å². The fourth-order valence-corrected chi connectivity index (χ4v) is 1.62. The molecule has 0 atom stereocenters. The van der Waals surface area contributed by atoms with Crippen LogP contribution < -0.4 is 5.73 Å². The van der Waals surface area contributed by atoms with Crippen LogP contribution in [-0.4, -0.2) is 15.8 Å². The molecule has 0 saturated carbocycles. The summed E-state index contributed by atoms with van der Waals surface area (Å²) < 4.78 is 0. The number of rotatable bonds is 4. The van der Waals surface area contributed by atoms with E-state index in [2.05, 4.69) is 0 Å². The maximum atomic E-state index is 9.13. The van der Waals surface area contributed by atoms with E-state index < -0.39 is 0 Å². The van der Waals surface area contributed by atoms with Crippen LogP contribution in [0.5, 0.6) is 0 Å². The van der Waals surface area contributed by atoms with Crippen molar-refractivity contribution in [2.45, 2.75) is 39.0 Å². The molecule has 0 aliphatic rings. The average Bonchev–Trinajstić information content (AvgIpc) is 2.15. The molecule has 3 nitrogen and oxygen atoms in total. The molecule has 0 saturated heterocycles. The zero-order chi connectivity index (χ0) is 11.5. The molecule has 1 aromatic carbocycles. The zero-order valence-corrected chi connectivity index (χ0v) is 9.33. The molecule has 1 rings (SSSR count). The Balaban J connectivity index is 2.93. The molecular formula is C12H19NO2. The minimum atomic E-state index is -0.256. The zero-order valence-electron chi connectivity index (χ0n) is 9.33. The number of aliphatic hydroxyl groups excluding tert-OH is 2. The second-order valence-corrected chi connectivity index (χ2v) is 4.58. The Hall–Kier alpha value is -0.900. The first-order chi connectivity index (χ1) is 6.96. The van der Waals surface area contributed by atoms with E-state index in [1.165, 1.54) is 0 Å². The second-order valence-electron chi connectivity index (χ2n) is 4.58. The number of hydrogen-bond acceptors (Lipinski definition) is 3. The molecule has 0 aliphatic carbocycles. The maximum Gasteiger partial charge on any atom is 0.0685 e. The highest BCUT2D eigenvalue weighted by Crippen LogP contribution is 2.16. The summed E-state index contributed by atoms with van der Waals surface area (Å²) >= 11 is 0. The van der Waals surface area contributed by atoms with E-state index in [9.17, 15) is 0 Å². The van der Waals surface area contributed by atoms with Gasteiger partial charge in [-0.25, -0.2) is 0 Å². The Morgan fingerprint density at radius 1 is 1.13 bits per heavy atom. The van der Waals surface area contributed by atoms with Crippen LogP contribution in [0.3, 0.4) is 0 Å². The highest BCUT2D eigenvalue weighted by Gasteiger charge is 2.12. The third-order valence-electron chi connectivity index (χ3n) is 2.27. The van der Waals surface area contributed by atoms with Crippen molar-refractivity contribution in [1.82, 2.24) is 0 Å². The van der Waals surface area contributed by atoms with Gasteiger partial charge in [-0.3, -0.25) is 0 Å². The van der Waals surface area contributed by atoms with Crippen LogP contribution in [0.1, 0.15) is 30.5 Å². The summed E-state index contributed by atoms with van der Waals surface area (Å²) in [5, 5.41) is 18.2. The van der Waals surface area contributed by atoms with Crippen LogP contribution in [0.4, 0.5) is 0 Å². The lowest BCUT2D eigenvalue weighted by atomic mass is 9.94. The van der Waals surface area contributed by atoms with Gasteiger partial charge in [0.25, 0.3) is 0 Å². The molecule has 84 valence electrons. The minimum Gasteiger partial charge on any atom is -0.392 e. The Labute approximate surface area is 90.5 Å². The molecular weight excluding hydrogens is 190 g/mol. The van der Waals surface area contributed by atoms with E-state index >= 15 is 0 Å². The van der Waals surface area contributed by atoms with Crippen molar-refractivity contribution >= 4 is 0 Å². The van der Waals surface area contributed by atoms with Crippen LogP contribution in [0.25, 0.3) is 0 Å². The van der Waals surface area contributed by atoms with Gasteiger partial charge < -0.3 is 15.9 Å². The fraction of sp³-hybridized carbons (Fsp3) is 0.500. The van der Waals surface area contributed by atoms with E-state index in [-0.39, 0.29) is 18.8 Å². The van der Waals surface area contributed by atoms with Crippen LogP contribution in [0, 0.1) is 0 Å². The van der Waals surface area contributed by atoms with Crippen molar-refractivity contribution in [2.75, 3.05) is 0 Å². The molecule has 0 aromatic heterocycles. The van der Waals surface area contributed by atoms with E-state index in [0.717, 1.165) is 23.1 Å². The monoisotopic (exact) mass is 209 g/mol. The summed E-state index contributed by atoms with van der Waals surface area (Å²) in [4.78, 5) is 0. The smallest absolute Gasteiger partial charge is 0.0685 e. The van der Waals surface area contributed by atoms with E-state index in [1.54, 1.807) is 0 Å². The lowest BCUT2D eigenvalue weighted by Gasteiger charge is -2.19. The van der Waals surface area contributed by atoms with Crippen molar-refractivity contribution in [2.24, 2.45) is 5.73 Å². The third kappa shape index (κ3) is 3.63. The van der Waals surface area contributed by atoms with Gasteiger partial charge in [0.05, 0.1) is 13.2 Å². The first-order valence-electron chi connectivity index (χ1n) is 5.07. The number of hydrogen-bond donors (Lipinski definition) is 3. The van der Waals surface area contributed by atoms with Gasteiger partial charge in [-0.2, -0.15) is 0 Å². The first kappa shape index (κ1) is 12.2. The molecule has 0 spiro atoms. The average molecular weight is 209 g/mol. The summed E-state index contributed by atoms with van der Waals surface area (Å²) in [6.45, 7) is 3.84. The van der Waals surface area contributed by atoms with Gasteiger partial charge in [0, 0.05) is 5.54 Å². The molecule has 1 aromatic rings. The van der Waals surface area contributed by atoms with Gasteiger partial charge in [-0.05, 0) is 37.0 Å². The number of nitrogens with two attached hydrogens (primary N) is 1. The van der Waals surface area contributed by atoms with Gasteiger partial charge >= 0.3 is 0 Å². The topological polar surface area (TPSA) is 66.5 Å². The number of aliphatic hydroxyl groups is 2. The van der Waals surface area contributed by atoms with Crippen molar-refractivity contribution in [3.05, 3.63) is 34.9 Å². The maximum absolute atomic E-state index is 9.13. The van der Waals surface area contributed by atoms with Gasteiger partial charge in [-0.1, -0.05) is 18.2 Å². The van der Waals surface area contributed by atoms with Crippen molar-refractivity contribution in [3.8, 4) is 0 Å². The molecule has 4 N–H and O–H groups in total. The van der Waals surface area contributed by atoms with Gasteiger partial charge in [0.1, 0.15) is 0 Å². The largest absolute Gasteiger partial charge is 0.392 e. The molecule has 3 heteroatoms. The molecule has 0 fully saturated rings. The predicted octanol–water partition coefficient (Wildman–Crippen LogP) is 0.951. The Morgan fingerprint density at radius 2 is 1.73 bits per heavy atom. The number of benzene rings is 1. The van der Waals surface area contributed by atoms with E-state index in [4.69, 9.17) is 15.9 Å². The summed E-state index contributed by atoms with van der Waals surface area (Å²) in [5.74, 6) is 0. The lowest BCUT2D eigenvalue weighted by molar-refractivity contribution is 0.260. The highest BCUT2D eigenvalue weighted by molar-refractivity contribution is 5.32. The van der Waals surface area contributed by atoms with E-state index in [1.807, 2.05) is 32.0 Å². The second kappa shape index (κ2) is 4.75. The third-order valence-corrected chi connectivity index (χ3v) is 2.27. The summed E-state index contributed by atoms with van der Waals surface area (Å²) in [6, 6.07) is 5.69. The van der Waals surface area contributed by atoms with E-state index in [0.29, 0.717) is 0 Å². The highest BCUT2D eigenvalue weighted by atomic mass is 16.3. The lowest BCUT2D eigenvalue weighted by Crippen LogP contribution is -2.34. The SMILES string of the molecule is CC(C)(N)Cc1ccc(CO)c(CO)c1. The normalized spacial score (nSPS) is 11.8. The molecule has 0 radical (unpaired) electrons. The van der Waals surface area contributed by atoms with Crippen LogP contribution in [-0.2, 0) is 19.6 Å². The molecule has 0 unspecified atom stereocenters. The summed E-state index contributed by atoms with van der Waals surface area (Å²) in [7, 11) is 0. The van der Waals surface area contributed by atoms with Crippen LogP contribution in [0.2, 0.25) is 0 Å². The standard InChI is InChI=1S/C12H19NO2/c1-12(2,13)6-9-3-4-10(7-14)11(5-9)8-15/h3-5,14-15H,6-8,13H2,1-2H3.